The number of rotatable bonds is 4. The molecule has 0 bridgehead atoms. The number of nitrogens with two attached hydrogens (primary N) is 1. The molecular formula is C13H20N6. The predicted octanol–water partition coefficient (Wildman–Crippen LogP) is 1.91. The molecule has 0 spiro atoms. The average molecular weight is 260 g/mol. The summed E-state index contributed by atoms with van der Waals surface area (Å²) in [5, 5.41) is 7.16. The van der Waals surface area contributed by atoms with Gasteiger partial charge in [-0.15, -0.1) is 0 Å². The maximum Gasteiger partial charge on any atom is 0.227 e. The second-order valence-corrected chi connectivity index (χ2v) is 4.46. The number of nitrogen functional groups attached to an aromatic ring is 1. The van der Waals surface area contributed by atoms with E-state index in [9.17, 15) is 0 Å². The molecule has 0 amide bonds. The Bertz CT molecular complexity index is 551. The van der Waals surface area contributed by atoms with Crippen LogP contribution in [0.15, 0.2) is 6.07 Å². The topological polar surface area (TPSA) is 83.7 Å². The van der Waals surface area contributed by atoms with E-state index in [-0.39, 0.29) is 0 Å². The highest BCUT2D eigenvalue weighted by Crippen LogP contribution is 2.26. The van der Waals surface area contributed by atoms with Gasteiger partial charge in [-0.2, -0.15) is 10.1 Å². The lowest BCUT2D eigenvalue weighted by Gasteiger charge is -2.19. The Hall–Kier alpha value is -2.11. The molecule has 0 aliphatic rings. The van der Waals surface area contributed by atoms with Gasteiger partial charge >= 0.3 is 0 Å². The Morgan fingerprint density at radius 2 is 1.89 bits per heavy atom. The molecule has 2 aromatic rings. The molecule has 0 aliphatic heterocycles. The van der Waals surface area contributed by atoms with E-state index in [4.69, 9.17) is 5.73 Å². The summed E-state index contributed by atoms with van der Waals surface area (Å²) in [6.07, 6.45) is 0. The minimum absolute atomic E-state index is 0.479. The number of aryl methyl sites for hydroxylation is 2. The SMILES string of the molecule is CCN(CC)c1nc(N)cc(-c2c(C)n[nH]c2C)n1. The molecular weight excluding hydrogens is 240 g/mol. The molecule has 3 N–H and O–H groups in total. The van der Waals surface area contributed by atoms with Crippen molar-refractivity contribution in [1.29, 1.82) is 0 Å². The lowest BCUT2D eigenvalue weighted by atomic mass is 10.1. The Labute approximate surface area is 113 Å². The van der Waals surface area contributed by atoms with Gasteiger partial charge in [0.25, 0.3) is 0 Å². The molecule has 2 rings (SSSR count). The summed E-state index contributed by atoms with van der Waals surface area (Å²) in [7, 11) is 0. The Morgan fingerprint density at radius 1 is 1.21 bits per heavy atom. The van der Waals surface area contributed by atoms with Crippen LogP contribution in [0.2, 0.25) is 0 Å². The number of aromatic nitrogens is 4. The molecule has 2 heterocycles. The van der Waals surface area contributed by atoms with Gasteiger partial charge in [0.1, 0.15) is 5.82 Å². The number of H-pyrrole nitrogens is 1. The Kier molecular flexibility index (Phi) is 3.69. The lowest BCUT2D eigenvalue weighted by molar-refractivity contribution is 0.823. The largest absolute Gasteiger partial charge is 0.384 e. The molecule has 102 valence electrons. The van der Waals surface area contributed by atoms with Crippen molar-refractivity contribution in [1.82, 2.24) is 20.2 Å². The van der Waals surface area contributed by atoms with Crippen LogP contribution in [0.5, 0.6) is 0 Å². The summed E-state index contributed by atoms with van der Waals surface area (Å²) in [5.74, 6) is 1.15. The van der Waals surface area contributed by atoms with E-state index >= 15 is 0 Å². The van der Waals surface area contributed by atoms with Crippen molar-refractivity contribution >= 4 is 11.8 Å². The average Bonchev–Trinajstić information content (AvgIpc) is 2.70. The van der Waals surface area contributed by atoms with Crippen LogP contribution in [-0.4, -0.2) is 33.3 Å². The minimum Gasteiger partial charge on any atom is -0.384 e. The van der Waals surface area contributed by atoms with Crippen molar-refractivity contribution in [3.8, 4) is 11.3 Å². The maximum absolute atomic E-state index is 5.90. The molecule has 6 nitrogen and oxygen atoms in total. The van der Waals surface area contributed by atoms with E-state index in [0.29, 0.717) is 11.8 Å². The zero-order valence-corrected chi connectivity index (χ0v) is 11.9. The Balaban J connectivity index is 2.53. The van der Waals surface area contributed by atoms with E-state index in [1.54, 1.807) is 6.07 Å². The summed E-state index contributed by atoms with van der Waals surface area (Å²) >= 11 is 0. The van der Waals surface area contributed by atoms with E-state index in [0.717, 1.165) is 35.7 Å². The third-order valence-electron chi connectivity index (χ3n) is 3.16. The highest BCUT2D eigenvalue weighted by atomic mass is 15.3. The van der Waals surface area contributed by atoms with Crippen molar-refractivity contribution < 1.29 is 0 Å². The first-order chi connectivity index (χ1) is 9.06. The summed E-state index contributed by atoms with van der Waals surface area (Å²) in [4.78, 5) is 11.0. The summed E-state index contributed by atoms with van der Waals surface area (Å²) in [6.45, 7) is 9.78. The van der Waals surface area contributed by atoms with Crippen molar-refractivity contribution in [3.05, 3.63) is 17.5 Å². The van der Waals surface area contributed by atoms with Gasteiger partial charge < -0.3 is 10.6 Å². The summed E-state index contributed by atoms with van der Waals surface area (Å²) in [6, 6.07) is 1.79. The number of hydrogen-bond acceptors (Lipinski definition) is 5. The predicted molar refractivity (Wildman–Crippen MR) is 77.1 cm³/mol. The van der Waals surface area contributed by atoms with Crippen LogP contribution in [-0.2, 0) is 0 Å². The second kappa shape index (κ2) is 5.26. The first kappa shape index (κ1) is 13.3. The molecule has 0 fully saturated rings. The van der Waals surface area contributed by atoms with Gasteiger partial charge in [-0.1, -0.05) is 0 Å². The first-order valence-electron chi connectivity index (χ1n) is 6.48. The fourth-order valence-electron chi connectivity index (χ4n) is 2.16. The third-order valence-corrected chi connectivity index (χ3v) is 3.16. The molecule has 0 saturated carbocycles. The molecule has 2 aromatic heterocycles. The van der Waals surface area contributed by atoms with Crippen LogP contribution in [0.3, 0.4) is 0 Å². The number of nitrogens with zero attached hydrogens (tertiary/aromatic N) is 4. The van der Waals surface area contributed by atoms with Gasteiger partial charge in [-0.3, -0.25) is 5.10 Å². The van der Waals surface area contributed by atoms with E-state index in [1.165, 1.54) is 0 Å². The van der Waals surface area contributed by atoms with E-state index in [2.05, 4.69) is 38.9 Å². The molecule has 19 heavy (non-hydrogen) atoms. The molecule has 0 saturated heterocycles. The van der Waals surface area contributed by atoms with E-state index < -0.39 is 0 Å². The van der Waals surface area contributed by atoms with E-state index in [1.807, 2.05) is 13.8 Å². The van der Waals surface area contributed by atoms with Crippen LogP contribution >= 0.6 is 0 Å². The first-order valence-corrected chi connectivity index (χ1v) is 6.48. The summed E-state index contributed by atoms with van der Waals surface area (Å²) in [5.41, 5.74) is 9.63. The van der Waals surface area contributed by atoms with Gasteiger partial charge in [-0.05, 0) is 27.7 Å². The lowest BCUT2D eigenvalue weighted by Crippen LogP contribution is -2.24. The van der Waals surface area contributed by atoms with Crippen molar-refractivity contribution in [2.45, 2.75) is 27.7 Å². The van der Waals surface area contributed by atoms with Crippen LogP contribution in [0, 0.1) is 13.8 Å². The van der Waals surface area contributed by atoms with Crippen molar-refractivity contribution in [2.24, 2.45) is 0 Å². The zero-order chi connectivity index (χ0) is 14.0. The highest BCUT2D eigenvalue weighted by molar-refractivity contribution is 5.68. The second-order valence-electron chi connectivity index (χ2n) is 4.46. The monoisotopic (exact) mass is 260 g/mol. The van der Waals surface area contributed by atoms with Crippen LogP contribution in [0.1, 0.15) is 25.2 Å². The van der Waals surface area contributed by atoms with Crippen molar-refractivity contribution in [3.63, 3.8) is 0 Å². The fraction of sp³-hybridized carbons (Fsp3) is 0.462. The van der Waals surface area contributed by atoms with Gasteiger partial charge in [0.2, 0.25) is 5.95 Å². The zero-order valence-electron chi connectivity index (χ0n) is 11.9. The number of anilines is 2. The van der Waals surface area contributed by atoms with Gasteiger partial charge in [0, 0.05) is 30.4 Å². The van der Waals surface area contributed by atoms with Crippen LogP contribution in [0.25, 0.3) is 11.3 Å². The minimum atomic E-state index is 0.479. The maximum atomic E-state index is 5.90. The van der Waals surface area contributed by atoms with Gasteiger partial charge in [0.05, 0.1) is 11.4 Å². The van der Waals surface area contributed by atoms with Crippen LogP contribution in [0.4, 0.5) is 11.8 Å². The van der Waals surface area contributed by atoms with Gasteiger partial charge in [-0.25, -0.2) is 4.98 Å². The molecule has 0 aliphatic carbocycles. The Morgan fingerprint density at radius 3 is 2.42 bits per heavy atom. The fourth-order valence-corrected chi connectivity index (χ4v) is 2.16. The van der Waals surface area contributed by atoms with Crippen molar-refractivity contribution in [2.75, 3.05) is 23.7 Å². The van der Waals surface area contributed by atoms with Crippen LogP contribution < -0.4 is 10.6 Å². The highest BCUT2D eigenvalue weighted by Gasteiger charge is 2.14. The van der Waals surface area contributed by atoms with Gasteiger partial charge in [0.15, 0.2) is 0 Å². The molecule has 0 aromatic carbocycles. The molecule has 0 atom stereocenters. The number of nitrogens with one attached hydrogen (secondary N) is 1. The third kappa shape index (κ3) is 2.52. The molecule has 0 unspecified atom stereocenters. The normalized spacial score (nSPS) is 10.7. The smallest absolute Gasteiger partial charge is 0.227 e. The standard InChI is InChI=1S/C13H20N6/c1-5-19(6-2)13-15-10(7-11(14)16-13)12-8(3)17-18-9(12)4/h7H,5-6H2,1-4H3,(H,17,18)(H2,14,15,16). The molecule has 0 radical (unpaired) electrons. The number of aromatic amines is 1. The summed E-state index contributed by atoms with van der Waals surface area (Å²) < 4.78 is 0. The number of hydrogen-bond donors (Lipinski definition) is 2. The quantitative estimate of drug-likeness (QED) is 0.877. The molecule has 6 heteroatoms.